The van der Waals surface area contributed by atoms with Crippen LogP contribution in [-0.4, -0.2) is 39.8 Å². The summed E-state index contributed by atoms with van der Waals surface area (Å²) >= 11 is 1.06. The lowest BCUT2D eigenvalue weighted by Gasteiger charge is -2.09. The number of hydrogen-bond acceptors (Lipinski definition) is 7. The van der Waals surface area contributed by atoms with E-state index in [4.69, 9.17) is 14.2 Å². The van der Waals surface area contributed by atoms with Gasteiger partial charge < -0.3 is 18.8 Å². The minimum Gasteiger partial charge on any atom is -0.493 e. The standard InChI is InChI=1S/C19H19FN2O6S2/c1-4-28-18(23)11-22-14-9-15(26-2)16(27-3)10-17(14)29-19(22)21-30(24,25)13-7-5-12(20)6-8-13/h5-10H,4,11H2,1-3H3/b21-19-. The van der Waals surface area contributed by atoms with Crippen LogP contribution >= 0.6 is 11.3 Å². The summed E-state index contributed by atoms with van der Waals surface area (Å²) in [5, 5.41) is 0. The van der Waals surface area contributed by atoms with Crippen molar-refractivity contribution in [2.75, 3.05) is 20.8 Å². The maximum absolute atomic E-state index is 13.2. The number of methoxy groups -OCH3 is 2. The van der Waals surface area contributed by atoms with Crippen molar-refractivity contribution in [1.29, 1.82) is 0 Å². The van der Waals surface area contributed by atoms with Gasteiger partial charge in [-0.25, -0.2) is 4.39 Å². The summed E-state index contributed by atoms with van der Waals surface area (Å²) < 4.78 is 60.2. The van der Waals surface area contributed by atoms with Gasteiger partial charge in [-0.05, 0) is 31.2 Å². The van der Waals surface area contributed by atoms with Gasteiger partial charge in [0, 0.05) is 12.1 Å². The Bertz CT molecular complexity index is 1250. The molecule has 0 unspecified atom stereocenters. The number of halogens is 1. The van der Waals surface area contributed by atoms with Crippen LogP contribution in [0.5, 0.6) is 11.5 Å². The largest absolute Gasteiger partial charge is 0.493 e. The number of fused-ring (bicyclic) bond motifs is 1. The highest BCUT2D eigenvalue weighted by Crippen LogP contribution is 2.33. The van der Waals surface area contributed by atoms with E-state index in [2.05, 4.69) is 4.40 Å². The summed E-state index contributed by atoms with van der Waals surface area (Å²) in [6, 6.07) is 7.63. The van der Waals surface area contributed by atoms with E-state index in [1.807, 2.05) is 0 Å². The zero-order valence-electron chi connectivity index (χ0n) is 16.4. The van der Waals surface area contributed by atoms with E-state index in [0.717, 1.165) is 35.6 Å². The molecule has 1 aromatic heterocycles. The quantitative estimate of drug-likeness (QED) is 0.510. The highest BCUT2D eigenvalue weighted by molar-refractivity contribution is 7.90. The molecule has 0 spiro atoms. The summed E-state index contributed by atoms with van der Waals surface area (Å²) in [7, 11) is -1.20. The number of hydrogen-bond donors (Lipinski definition) is 0. The minimum atomic E-state index is -4.15. The second-order valence-corrected chi connectivity index (χ2v) is 8.58. The predicted octanol–water partition coefficient (Wildman–Crippen LogP) is 2.71. The molecule has 30 heavy (non-hydrogen) atoms. The second-order valence-electron chi connectivity index (χ2n) is 5.97. The van der Waals surface area contributed by atoms with Crippen LogP contribution in [0.3, 0.4) is 0 Å². The van der Waals surface area contributed by atoms with E-state index in [1.54, 1.807) is 19.1 Å². The molecule has 8 nitrogen and oxygen atoms in total. The molecular weight excluding hydrogens is 435 g/mol. The number of rotatable bonds is 7. The maximum atomic E-state index is 13.2. The predicted molar refractivity (Wildman–Crippen MR) is 109 cm³/mol. The first-order valence-corrected chi connectivity index (χ1v) is 11.0. The highest BCUT2D eigenvalue weighted by Gasteiger charge is 2.18. The Morgan fingerprint density at radius 3 is 2.37 bits per heavy atom. The third kappa shape index (κ3) is 4.46. The number of aromatic nitrogens is 1. The Labute approximate surface area is 176 Å². The number of nitrogens with zero attached hydrogens (tertiary/aromatic N) is 2. The molecule has 0 fully saturated rings. The summed E-state index contributed by atoms with van der Waals surface area (Å²) in [5.74, 6) is -0.254. The third-order valence-corrected chi connectivity index (χ3v) is 6.53. The molecule has 0 N–H and O–H groups in total. The van der Waals surface area contributed by atoms with Crippen LogP contribution in [0.1, 0.15) is 6.92 Å². The smallest absolute Gasteiger partial charge is 0.326 e. The van der Waals surface area contributed by atoms with Crippen molar-refractivity contribution in [3.8, 4) is 11.5 Å². The number of ether oxygens (including phenoxy) is 3. The lowest BCUT2D eigenvalue weighted by Crippen LogP contribution is -2.23. The third-order valence-electron chi connectivity index (χ3n) is 4.09. The monoisotopic (exact) mass is 454 g/mol. The SMILES string of the molecule is CCOC(=O)Cn1/c(=N/S(=O)(=O)c2ccc(F)cc2)sc2cc(OC)c(OC)cc21. The van der Waals surface area contributed by atoms with Gasteiger partial charge >= 0.3 is 5.97 Å². The fourth-order valence-corrected chi connectivity index (χ4v) is 4.96. The van der Waals surface area contributed by atoms with Crippen LogP contribution in [0.4, 0.5) is 4.39 Å². The van der Waals surface area contributed by atoms with Gasteiger partial charge in [0.25, 0.3) is 10.0 Å². The van der Waals surface area contributed by atoms with Crippen LogP contribution in [0, 0.1) is 5.82 Å². The second kappa shape index (κ2) is 8.84. The van der Waals surface area contributed by atoms with Crippen molar-refractivity contribution in [2.45, 2.75) is 18.4 Å². The van der Waals surface area contributed by atoms with Crippen molar-refractivity contribution in [2.24, 2.45) is 4.40 Å². The van der Waals surface area contributed by atoms with Crippen molar-refractivity contribution >= 4 is 37.5 Å². The molecule has 0 radical (unpaired) electrons. The van der Waals surface area contributed by atoms with Gasteiger partial charge in [-0.2, -0.15) is 8.42 Å². The highest BCUT2D eigenvalue weighted by atomic mass is 32.2. The van der Waals surface area contributed by atoms with Crippen molar-refractivity contribution in [3.63, 3.8) is 0 Å². The number of sulfonamides is 1. The minimum absolute atomic E-state index is 0.0534. The summed E-state index contributed by atoms with van der Waals surface area (Å²) in [6.45, 7) is 1.60. The first-order chi connectivity index (χ1) is 14.3. The van der Waals surface area contributed by atoms with Crippen LogP contribution in [0.15, 0.2) is 45.7 Å². The Hall–Kier alpha value is -2.92. The molecular formula is C19H19FN2O6S2. The molecule has 0 amide bonds. The van der Waals surface area contributed by atoms with E-state index in [9.17, 15) is 17.6 Å². The van der Waals surface area contributed by atoms with Crippen LogP contribution in [0.2, 0.25) is 0 Å². The van der Waals surface area contributed by atoms with Crippen molar-refractivity contribution in [3.05, 3.63) is 47.0 Å². The van der Waals surface area contributed by atoms with Crippen molar-refractivity contribution in [1.82, 2.24) is 4.57 Å². The number of esters is 1. The topological polar surface area (TPSA) is 96.2 Å². The first kappa shape index (κ1) is 21.8. The Morgan fingerprint density at radius 2 is 1.77 bits per heavy atom. The van der Waals surface area contributed by atoms with Crippen molar-refractivity contribution < 1.29 is 31.8 Å². The molecule has 3 aromatic rings. The van der Waals surface area contributed by atoms with Gasteiger partial charge in [0.15, 0.2) is 11.5 Å². The molecule has 0 bridgehead atoms. The van der Waals surface area contributed by atoms with Gasteiger partial charge in [-0.1, -0.05) is 11.3 Å². The average Bonchev–Trinajstić information content (AvgIpc) is 3.02. The zero-order chi connectivity index (χ0) is 21.9. The fraction of sp³-hybridized carbons (Fsp3) is 0.263. The molecule has 0 aliphatic heterocycles. The molecule has 2 aromatic carbocycles. The first-order valence-electron chi connectivity index (χ1n) is 8.76. The summed E-state index contributed by atoms with van der Waals surface area (Å²) in [4.78, 5) is 12.0. The van der Waals surface area contributed by atoms with E-state index < -0.39 is 21.8 Å². The summed E-state index contributed by atoms with van der Waals surface area (Å²) in [6.07, 6.45) is 0. The number of benzene rings is 2. The van der Waals surface area contributed by atoms with Gasteiger partial charge in [-0.3, -0.25) is 4.79 Å². The molecule has 0 aliphatic rings. The van der Waals surface area contributed by atoms with Gasteiger partial charge in [0.2, 0.25) is 4.80 Å². The Morgan fingerprint density at radius 1 is 1.13 bits per heavy atom. The molecule has 160 valence electrons. The number of carbonyl (C=O) groups excluding carboxylic acids is 1. The van der Waals surface area contributed by atoms with Gasteiger partial charge in [0.1, 0.15) is 12.4 Å². The van der Waals surface area contributed by atoms with E-state index in [-0.39, 0.29) is 22.8 Å². The Balaban J connectivity index is 2.24. The molecule has 0 aliphatic carbocycles. The maximum Gasteiger partial charge on any atom is 0.326 e. The van der Waals surface area contributed by atoms with Crippen LogP contribution in [-0.2, 0) is 26.1 Å². The van der Waals surface area contributed by atoms with Gasteiger partial charge in [-0.15, -0.1) is 4.40 Å². The lowest BCUT2D eigenvalue weighted by molar-refractivity contribution is -0.143. The van der Waals surface area contributed by atoms with Gasteiger partial charge in [0.05, 0.1) is 35.9 Å². The molecule has 0 saturated heterocycles. The van der Waals surface area contributed by atoms with Crippen LogP contribution in [0.25, 0.3) is 10.2 Å². The zero-order valence-corrected chi connectivity index (χ0v) is 18.0. The summed E-state index contributed by atoms with van der Waals surface area (Å²) in [5.41, 5.74) is 0.527. The van der Waals surface area contributed by atoms with E-state index in [1.165, 1.54) is 18.8 Å². The molecule has 1 heterocycles. The fourth-order valence-electron chi connectivity index (χ4n) is 2.72. The van der Waals surface area contributed by atoms with E-state index in [0.29, 0.717) is 21.7 Å². The van der Waals surface area contributed by atoms with Crippen LogP contribution < -0.4 is 14.3 Å². The molecule has 0 atom stereocenters. The molecule has 0 saturated carbocycles. The Kier molecular flexibility index (Phi) is 6.42. The molecule has 3 rings (SSSR count). The molecule has 11 heteroatoms. The average molecular weight is 455 g/mol. The number of thiazole rings is 1. The van der Waals surface area contributed by atoms with E-state index >= 15 is 0 Å². The number of carbonyl (C=O) groups is 1. The lowest BCUT2D eigenvalue weighted by atomic mass is 10.3. The normalized spacial score (nSPS) is 12.2.